The van der Waals surface area contributed by atoms with Crippen LogP contribution in [-0.2, 0) is 4.79 Å². The van der Waals surface area contributed by atoms with E-state index in [4.69, 9.17) is 16.0 Å². The van der Waals surface area contributed by atoms with Crippen LogP contribution in [0.2, 0.25) is 5.02 Å². The fourth-order valence-corrected chi connectivity index (χ4v) is 3.78. The van der Waals surface area contributed by atoms with Crippen LogP contribution in [0, 0.1) is 6.92 Å². The zero-order valence-electron chi connectivity index (χ0n) is 13.2. The number of thioether (sulfide) groups is 1. The number of furan rings is 1. The van der Waals surface area contributed by atoms with Crippen LogP contribution < -0.4 is 10.6 Å². The Balaban J connectivity index is 1.65. The number of rotatable bonds is 2. The highest BCUT2D eigenvalue weighted by molar-refractivity contribution is 8.00. The minimum absolute atomic E-state index is 0.0521. The molecular formula is C18H13ClN2O3S. The van der Waals surface area contributed by atoms with Crippen molar-refractivity contribution >= 4 is 57.5 Å². The van der Waals surface area contributed by atoms with Crippen molar-refractivity contribution in [1.82, 2.24) is 0 Å². The minimum atomic E-state index is -0.362. The maximum absolute atomic E-state index is 12.6. The summed E-state index contributed by atoms with van der Waals surface area (Å²) in [7, 11) is 0. The van der Waals surface area contributed by atoms with Gasteiger partial charge < -0.3 is 15.1 Å². The molecule has 25 heavy (non-hydrogen) atoms. The van der Waals surface area contributed by atoms with E-state index in [1.807, 2.05) is 25.1 Å². The zero-order chi connectivity index (χ0) is 17.6. The summed E-state index contributed by atoms with van der Waals surface area (Å²) in [6.07, 6.45) is 0. The Morgan fingerprint density at radius 3 is 2.96 bits per heavy atom. The van der Waals surface area contributed by atoms with Gasteiger partial charge in [-0.05, 0) is 31.2 Å². The Bertz CT molecular complexity index is 1030. The highest BCUT2D eigenvalue weighted by Crippen LogP contribution is 2.34. The van der Waals surface area contributed by atoms with Crippen LogP contribution in [0.4, 0.5) is 11.4 Å². The third kappa shape index (κ3) is 2.88. The smallest absolute Gasteiger partial charge is 0.291 e. The van der Waals surface area contributed by atoms with E-state index in [1.165, 1.54) is 11.8 Å². The highest BCUT2D eigenvalue weighted by Gasteiger charge is 2.20. The number of amides is 2. The van der Waals surface area contributed by atoms with E-state index >= 15 is 0 Å². The first kappa shape index (κ1) is 16.1. The quantitative estimate of drug-likeness (QED) is 0.684. The Morgan fingerprint density at radius 2 is 2.16 bits per heavy atom. The molecule has 0 bridgehead atoms. The fourth-order valence-electron chi connectivity index (χ4n) is 2.77. The van der Waals surface area contributed by atoms with Crippen LogP contribution in [0.1, 0.15) is 16.1 Å². The first-order valence-electron chi connectivity index (χ1n) is 7.58. The molecule has 0 fully saturated rings. The summed E-state index contributed by atoms with van der Waals surface area (Å²) in [4.78, 5) is 25.1. The second kappa shape index (κ2) is 6.13. The summed E-state index contributed by atoms with van der Waals surface area (Å²) >= 11 is 7.60. The lowest BCUT2D eigenvalue weighted by atomic mass is 10.1. The molecule has 0 radical (unpaired) electrons. The monoisotopic (exact) mass is 372 g/mol. The molecule has 2 aromatic carbocycles. The summed E-state index contributed by atoms with van der Waals surface area (Å²) in [5, 5.41) is 6.89. The Morgan fingerprint density at radius 1 is 1.32 bits per heavy atom. The van der Waals surface area contributed by atoms with Gasteiger partial charge in [-0.3, -0.25) is 9.59 Å². The van der Waals surface area contributed by atoms with Crippen molar-refractivity contribution in [3.63, 3.8) is 0 Å². The second-order valence-electron chi connectivity index (χ2n) is 5.67. The molecule has 7 heteroatoms. The molecule has 1 aliphatic heterocycles. The summed E-state index contributed by atoms with van der Waals surface area (Å²) in [5.74, 6) is 0.208. The molecule has 2 N–H and O–H groups in total. The second-order valence-corrected chi connectivity index (χ2v) is 7.10. The number of hydrogen-bond donors (Lipinski definition) is 2. The molecule has 0 saturated carbocycles. The number of fused-ring (bicyclic) bond motifs is 2. The number of para-hydroxylation sites is 1. The topological polar surface area (TPSA) is 71.3 Å². The highest BCUT2D eigenvalue weighted by atomic mass is 35.5. The number of benzene rings is 2. The number of hydrogen-bond acceptors (Lipinski definition) is 4. The van der Waals surface area contributed by atoms with E-state index in [9.17, 15) is 9.59 Å². The van der Waals surface area contributed by atoms with Gasteiger partial charge in [-0.1, -0.05) is 23.7 Å². The number of halogens is 1. The average Bonchev–Trinajstić information content (AvgIpc) is 2.93. The van der Waals surface area contributed by atoms with Crippen LogP contribution in [0.5, 0.6) is 0 Å². The van der Waals surface area contributed by atoms with Crippen LogP contribution in [0.3, 0.4) is 0 Å². The molecule has 126 valence electrons. The summed E-state index contributed by atoms with van der Waals surface area (Å²) in [6.45, 7) is 1.82. The summed E-state index contributed by atoms with van der Waals surface area (Å²) < 4.78 is 5.68. The van der Waals surface area contributed by atoms with E-state index in [2.05, 4.69) is 10.6 Å². The molecule has 3 aromatic rings. The first-order valence-corrected chi connectivity index (χ1v) is 8.95. The normalized spacial score (nSPS) is 13.4. The molecular weight excluding hydrogens is 360 g/mol. The van der Waals surface area contributed by atoms with Gasteiger partial charge >= 0.3 is 0 Å². The number of nitrogens with one attached hydrogen (secondary N) is 2. The molecule has 5 nitrogen and oxygen atoms in total. The Hall–Kier alpha value is -2.44. The lowest BCUT2D eigenvalue weighted by Crippen LogP contribution is -2.19. The van der Waals surface area contributed by atoms with Gasteiger partial charge in [0, 0.05) is 21.5 Å². The van der Waals surface area contributed by atoms with E-state index in [-0.39, 0.29) is 17.6 Å². The molecule has 0 unspecified atom stereocenters. The van der Waals surface area contributed by atoms with Gasteiger partial charge in [0.2, 0.25) is 5.91 Å². The summed E-state index contributed by atoms with van der Waals surface area (Å²) in [5.41, 5.74) is 2.51. The van der Waals surface area contributed by atoms with Crippen molar-refractivity contribution < 1.29 is 14.0 Å². The van der Waals surface area contributed by atoms with Gasteiger partial charge in [0.15, 0.2) is 11.3 Å². The van der Waals surface area contributed by atoms with Gasteiger partial charge in [0.05, 0.1) is 16.5 Å². The van der Waals surface area contributed by atoms with Crippen LogP contribution >= 0.6 is 23.4 Å². The molecule has 2 heterocycles. The number of carbonyl (C=O) groups excluding carboxylic acids is 2. The Labute approximate surface area is 152 Å². The minimum Gasteiger partial charge on any atom is -0.449 e. The van der Waals surface area contributed by atoms with E-state index in [0.29, 0.717) is 27.7 Å². The van der Waals surface area contributed by atoms with Crippen molar-refractivity contribution in [3.05, 3.63) is 52.7 Å². The lowest BCUT2D eigenvalue weighted by Gasteiger charge is -2.17. The van der Waals surface area contributed by atoms with E-state index in [0.717, 1.165) is 15.8 Å². The third-order valence-corrected chi connectivity index (χ3v) is 5.36. The molecule has 2 amide bonds. The van der Waals surface area contributed by atoms with Gasteiger partial charge in [0.25, 0.3) is 5.91 Å². The lowest BCUT2D eigenvalue weighted by molar-refractivity contribution is -0.113. The molecule has 0 atom stereocenters. The maximum atomic E-state index is 12.6. The number of aryl methyl sites for hydroxylation is 1. The average molecular weight is 373 g/mol. The van der Waals surface area contributed by atoms with Crippen molar-refractivity contribution in [2.24, 2.45) is 0 Å². The van der Waals surface area contributed by atoms with E-state index in [1.54, 1.807) is 18.2 Å². The molecule has 1 aromatic heterocycles. The molecule has 1 aliphatic rings. The van der Waals surface area contributed by atoms with E-state index < -0.39 is 0 Å². The standard InChI is InChI=1S/C18H13ClN2O3S/c1-9-11-3-2-4-12(19)17(11)24-16(9)18(23)20-10-5-6-14-13(7-10)21-15(22)8-25-14/h2-7H,8H2,1H3,(H,20,23)(H,21,22). The molecule has 0 aliphatic carbocycles. The molecule has 0 spiro atoms. The zero-order valence-corrected chi connectivity index (χ0v) is 14.8. The van der Waals surface area contributed by atoms with Crippen molar-refractivity contribution in [2.45, 2.75) is 11.8 Å². The van der Waals surface area contributed by atoms with Crippen molar-refractivity contribution in [3.8, 4) is 0 Å². The maximum Gasteiger partial charge on any atom is 0.291 e. The predicted octanol–water partition coefficient (Wildman–Crippen LogP) is 4.69. The van der Waals surface area contributed by atoms with Crippen LogP contribution in [0.15, 0.2) is 45.7 Å². The molecule has 4 rings (SSSR count). The fraction of sp³-hybridized carbons (Fsp3) is 0.111. The van der Waals surface area contributed by atoms with Gasteiger partial charge in [-0.15, -0.1) is 11.8 Å². The van der Waals surface area contributed by atoms with Gasteiger partial charge in [0.1, 0.15) is 0 Å². The van der Waals surface area contributed by atoms with Crippen molar-refractivity contribution in [2.75, 3.05) is 16.4 Å². The predicted molar refractivity (Wildman–Crippen MR) is 99.7 cm³/mol. The van der Waals surface area contributed by atoms with Crippen LogP contribution in [-0.4, -0.2) is 17.6 Å². The largest absolute Gasteiger partial charge is 0.449 e. The first-order chi connectivity index (χ1) is 12.0. The van der Waals surface area contributed by atoms with Gasteiger partial charge in [-0.2, -0.15) is 0 Å². The summed E-state index contributed by atoms with van der Waals surface area (Å²) in [6, 6.07) is 10.8. The van der Waals surface area contributed by atoms with Crippen molar-refractivity contribution in [1.29, 1.82) is 0 Å². The SMILES string of the molecule is Cc1c(C(=O)Nc2ccc3c(c2)NC(=O)CS3)oc2c(Cl)cccc12. The number of anilines is 2. The number of carbonyl (C=O) groups is 2. The van der Waals surface area contributed by atoms with Crippen LogP contribution in [0.25, 0.3) is 11.0 Å². The third-order valence-electron chi connectivity index (χ3n) is 3.99. The molecule has 0 saturated heterocycles. The Kier molecular flexibility index (Phi) is 3.94. The van der Waals surface area contributed by atoms with Gasteiger partial charge in [-0.25, -0.2) is 0 Å².